The van der Waals surface area contributed by atoms with Gasteiger partial charge >= 0.3 is 0 Å². The van der Waals surface area contributed by atoms with Gasteiger partial charge in [-0.15, -0.1) is 0 Å². The number of pyridine rings is 1. The summed E-state index contributed by atoms with van der Waals surface area (Å²) in [4.78, 5) is 10.1. The lowest BCUT2D eigenvalue weighted by molar-refractivity contribution is 0.816. The number of hydrogen-bond donors (Lipinski definition) is 1. The van der Waals surface area contributed by atoms with E-state index in [1.807, 2.05) is 25.1 Å². The van der Waals surface area contributed by atoms with E-state index in [4.69, 9.17) is 11.0 Å². The summed E-state index contributed by atoms with van der Waals surface area (Å²) in [6.07, 6.45) is 0. The molecule has 2 heterocycles. The number of nitrogens with zero attached hydrogens (tertiary/aromatic N) is 3. The molecule has 3 aromatic rings. The van der Waals surface area contributed by atoms with E-state index in [-0.39, 0.29) is 0 Å². The minimum Gasteiger partial charge on any atom is -0.375 e. The van der Waals surface area contributed by atoms with Crippen LogP contribution in [-0.4, -0.2) is 9.97 Å². The van der Waals surface area contributed by atoms with E-state index in [2.05, 4.69) is 42.0 Å². The van der Waals surface area contributed by atoms with E-state index >= 15 is 0 Å². The number of nitrogens with two attached hydrogens (primary N) is 1. The molecule has 4 nitrogen and oxygen atoms in total. The monoisotopic (exact) mass is 334 g/mol. The number of anilines is 1. The SMILES string of the molecule is Cc1cc(-c2sc(N)nc2-c2cccc(C#N)c2)cc(C(C)C)n1. The summed E-state index contributed by atoms with van der Waals surface area (Å²) in [7, 11) is 0. The van der Waals surface area contributed by atoms with Crippen molar-refractivity contribution in [1.29, 1.82) is 5.26 Å². The van der Waals surface area contributed by atoms with E-state index < -0.39 is 0 Å². The molecule has 0 fully saturated rings. The number of rotatable bonds is 3. The first-order chi connectivity index (χ1) is 11.5. The van der Waals surface area contributed by atoms with Gasteiger partial charge in [-0.1, -0.05) is 37.3 Å². The van der Waals surface area contributed by atoms with E-state index in [0.717, 1.165) is 33.1 Å². The van der Waals surface area contributed by atoms with E-state index in [0.29, 0.717) is 16.6 Å². The fraction of sp³-hybridized carbons (Fsp3) is 0.211. The fourth-order valence-electron chi connectivity index (χ4n) is 2.59. The molecule has 120 valence electrons. The molecule has 0 radical (unpaired) electrons. The average molecular weight is 334 g/mol. The second-order valence-electron chi connectivity index (χ2n) is 6.00. The minimum atomic E-state index is 0.347. The van der Waals surface area contributed by atoms with Crippen LogP contribution in [0.3, 0.4) is 0 Å². The molecule has 2 N–H and O–H groups in total. The van der Waals surface area contributed by atoms with Crippen LogP contribution in [0.1, 0.15) is 36.7 Å². The maximum atomic E-state index is 9.13. The van der Waals surface area contributed by atoms with Crippen molar-refractivity contribution in [2.45, 2.75) is 26.7 Å². The van der Waals surface area contributed by atoms with Crippen molar-refractivity contribution in [3.63, 3.8) is 0 Å². The topological polar surface area (TPSA) is 75.6 Å². The molecule has 0 spiro atoms. The zero-order valence-electron chi connectivity index (χ0n) is 13.9. The van der Waals surface area contributed by atoms with Gasteiger partial charge in [0.1, 0.15) is 0 Å². The maximum absolute atomic E-state index is 9.13. The maximum Gasteiger partial charge on any atom is 0.181 e. The number of aromatic nitrogens is 2. The summed E-state index contributed by atoms with van der Waals surface area (Å²) in [5, 5.41) is 9.65. The highest BCUT2D eigenvalue weighted by Crippen LogP contribution is 2.39. The van der Waals surface area contributed by atoms with E-state index in [1.54, 1.807) is 6.07 Å². The molecule has 0 saturated heterocycles. The zero-order valence-corrected chi connectivity index (χ0v) is 14.7. The quantitative estimate of drug-likeness (QED) is 0.749. The molecule has 0 aliphatic rings. The number of hydrogen-bond acceptors (Lipinski definition) is 5. The number of nitriles is 1. The van der Waals surface area contributed by atoms with Gasteiger partial charge in [0.25, 0.3) is 0 Å². The Morgan fingerprint density at radius 2 is 1.92 bits per heavy atom. The van der Waals surface area contributed by atoms with Crippen molar-refractivity contribution in [1.82, 2.24) is 9.97 Å². The van der Waals surface area contributed by atoms with Crippen LogP contribution < -0.4 is 5.73 Å². The number of thiazole rings is 1. The van der Waals surface area contributed by atoms with Gasteiger partial charge in [0.2, 0.25) is 0 Å². The summed E-state index contributed by atoms with van der Waals surface area (Å²) in [6, 6.07) is 13.8. The predicted molar refractivity (Wildman–Crippen MR) is 98.7 cm³/mol. The highest BCUT2D eigenvalue weighted by molar-refractivity contribution is 7.19. The van der Waals surface area contributed by atoms with Crippen molar-refractivity contribution in [3.05, 3.63) is 53.3 Å². The van der Waals surface area contributed by atoms with Crippen LogP contribution in [-0.2, 0) is 0 Å². The van der Waals surface area contributed by atoms with Gasteiger partial charge in [-0.05, 0) is 42.7 Å². The number of nitrogen functional groups attached to an aromatic ring is 1. The molecule has 24 heavy (non-hydrogen) atoms. The van der Waals surface area contributed by atoms with Crippen LogP contribution in [0, 0.1) is 18.3 Å². The molecule has 0 aliphatic carbocycles. The predicted octanol–water partition coefficient (Wildman–Crippen LogP) is 4.76. The highest BCUT2D eigenvalue weighted by atomic mass is 32.1. The number of aryl methyl sites for hydroxylation is 1. The summed E-state index contributed by atoms with van der Waals surface area (Å²) >= 11 is 1.46. The van der Waals surface area contributed by atoms with Crippen LogP contribution in [0.25, 0.3) is 21.7 Å². The lowest BCUT2D eigenvalue weighted by atomic mass is 10.0. The standard InChI is InChI=1S/C19H18N4S/c1-11(2)16-9-15(7-12(3)22-16)18-17(23-19(21)24-18)14-6-4-5-13(8-14)10-20/h4-9,11H,1-3H3,(H2,21,23). The Morgan fingerprint density at radius 3 is 2.62 bits per heavy atom. The molecule has 0 aliphatic heterocycles. The Bertz CT molecular complexity index is 935. The van der Waals surface area contributed by atoms with Crippen molar-refractivity contribution < 1.29 is 0 Å². The van der Waals surface area contributed by atoms with Gasteiger partial charge in [-0.2, -0.15) is 5.26 Å². The average Bonchev–Trinajstić information content (AvgIpc) is 2.96. The third-order valence-electron chi connectivity index (χ3n) is 3.74. The van der Waals surface area contributed by atoms with Gasteiger partial charge in [-0.25, -0.2) is 4.98 Å². The lowest BCUT2D eigenvalue weighted by Gasteiger charge is -2.09. The molecular formula is C19H18N4S. The second-order valence-corrected chi connectivity index (χ2v) is 7.03. The highest BCUT2D eigenvalue weighted by Gasteiger charge is 2.16. The summed E-state index contributed by atoms with van der Waals surface area (Å²) < 4.78 is 0. The van der Waals surface area contributed by atoms with Gasteiger partial charge in [0, 0.05) is 17.0 Å². The Balaban J connectivity index is 2.18. The first-order valence-corrected chi connectivity index (χ1v) is 8.55. The van der Waals surface area contributed by atoms with Gasteiger partial charge in [-0.3, -0.25) is 4.98 Å². The zero-order chi connectivity index (χ0) is 17.3. The molecule has 0 unspecified atom stereocenters. The van der Waals surface area contributed by atoms with Crippen LogP contribution in [0.2, 0.25) is 0 Å². The second kappa shape index (κ2) is 6.42. The Hall–Kier alpha value is -2.71. The molecule has 1 aromatic carbocycles. The third kappa shape index (κ3) is 3.15. The van der Waals surface area contributed by atoms with Gasteiger partial charge in [0.05, 0.1) is 22.2 Å². The lowest BCUT2D eigenvalue weighted by Crippen LogP contribution is -1.95. The van der Waals surface area contributed by atoms with Crippen molar-refractivity contribution >= 4 is 16.5 Å². The number of benzene rings is 1. The summed E-state index contributed by atoms with van der Waals surface area (Å²) in [6.45, 7) is 6.25. The normalized spacial score (nSPS) is 10.8. The molecule has 3 rings (SSSR count). The molecule has 0 bridgehead atoms. The Morgan fingerprint density at radius 1 is 1.12 bits per heavy atom. The van der Waals surface area contributed by atoms with Gasteiger partial charge < -0.3 is 5.73 Å². The molecule has 0 atom stereocenters. The molecule has 2 aromatic heterocycles. The Kier molecular flexibility index (Phi) is 4.32. The van der Waals surface area contributed by atoms with E-state index in [9.17, 15) is 0 Å². The third-order valence-corrected chi connectivity index (χ3v) is 4.67. The molecule has 0 saturated carbocycles. The fourth-order valence-corrected chi connectivity index (χ4v) is 3.43. The van der Waals surface area contributed by atoms with Crippen molar-refractivity contribution in [3.8, 4) is 27.8 Å². The van der Waals surface area contributed by atoms with Crippen LogP contribution >= 0.6 is 11.3 Å². The van der Waals surface area contributed by atoms with E-state index in [1.165, 1.54) is 11.3 Å². The van der Waals surface area contributed by atoms with Crippen molar-refractivity contribution in [2.75, 3.05) is 5.73 Å². The first-order valence-electron chi connectivity index (χ1n) is 7.73. The summed E-state index contributed by atoms with van der Waals surface area (Å²) in [5.74, 6) is 0.347. The van der Waals surface area contributed by atoms with Gasteiger partial charge in [0.15, 0.2) is 5.13 Å². The molecular weight excluding hydrogens is 316 g/mol. The Labute approximate surface area is 145 Å². The van der Waals surface area contributed by atoms with Crippen LogP contribution in [0.15, 0.2) is 36.4 Å². The molecule has 0 amide bonds. The summed E-state index contributed by atoms with van der Waals surface area (Å²) in [5.41, 5.74) is 11.4. The van der Waals surface area contributed by atoms with Crippen LogP contribution in [0.5, 0.6) is 0 Å². The van der Waals surface area contributed by atoms with Crippen LogP contribution in [0.4, 0.5) is 5.13 Å². The molecule has 5 heteroatoms. The minimum absolute atomic E-state index is 0.347. The smallest absolute Gasteiger partial charge is 0.181 e. The first kappa shape index (κ1) is 16.2. The largest absolute Gasteiger partial charge is 0.375 e. The van der Waals surface area contributed by atoms with Crippen molar-refractivity contribution in [2.24, 2.45) is 0 Å².